The first-order valence-electron chi connectivity index (χ1n) is 11.1. The number of nitrogens with one attached hydrogen (secondary N) is 1. The lowest BCUT2D eigenvalue weighted by Gasteiger charge is -2.33. The Bertz CT molecular complexity index is 1380. The van der Waals surface area contributed by atoms with Gasteiger partial charge < -0.3 is 14.0 Å². The molecule has 2 aromatic carbocycles. The molecular weight excluding hydrogens is 422 g/mol. The highest BCUT2D eigenvalue weighted by Crippen LogP contribution is 2.32. The van der Waals surface area contributed by atoms with Crippen LogP contribution in [-0.4, -0.2) is 38.0 Å². The van der Waals surface area contributed by atoms with E-state index in [2.05, 4.69) is 21.7 Å². The molecule has 5 rings (SSSR count). The summed E-state index contributed by atoms with van der Waals surface area (Å²) in [6.45, 7) is 3.38. The molecule has 7 heteroatoms. The predicted octanol–water partition coefficient (Wildman–Crippen LogP) is 4.90. The molecule has 3 heterocycles. The second-order valence-corrected chi connectivity index (χ2v) is 8.89. The van der Waals surface area contributed by atoms with E-state index in [0.29, 0.717) is 17.1 Å². The van der Waals surface area contributed by atoms with Crippen molar-refractivity contribution < 1.29 is 4.79 Å². The maximum Gasteiger partial charge on any atom is 0.222 e. The third kappa shape index (κ3) is 3.39. The van der Waals surface area contributed by atoms with Crippen molar-refractivity contribution in [1.82, 2.24) is 19.0 Å². The third-order valence-electron chi connectivity index (χ3n) is 6.63. The Balaban J connectivity index is 1.65. The van der Waals surface area contributed by atoms with Crippen molar-refractivity contribution in [3.05, 3.63) is 59.3 Å². The van der Waals surface area contributed by atoms with E-state index in [9.17, 15) is 4.79 Å². The molecule has 1 aliphatic heterocycles. The largest absolute Gasteiger partial charge is 0.343 e. The lowest BCUT2D eigenvalue weighted by atomic mass is 10.0. The number of carbonyl (C=O) groups is 1. The van der Waals surface area contributed by atoms with E-state index in [1.807, 2.05) is 60.0 Å². The van der Waals surface area contributed by atoms with Gasteiger partial charge in [-0.25, -0.2) is 0 Å². The van der Waals surface area contributed by atoms with Crippen molar-refractivity contribution in [1.29, 1.82) is 5.41 Å². The average Bonchev–Trinajstić information content (AvgIpc) is 3.09. The van der Waals surface area contributed by atoms with Gasteiger partial charge in [0.05, 0.1) is 22.7 Å². The Morgan fingerprint density at radius 2 is 1.81 bits per heavy atom. The number of benzene rings is 2. The molecule has 1 aliphatic rings. The van der Waals surface area contributed by atoms with Crippen LogP contribution in [-0.2, 0) is 11.8 Å². The van der Waals surface area contributed by atoms with Gasteiger partial charge in [-0.2, -0.15) is 0 Å². The summed E-state index contributed by atoms with van der Waals surface area (Å²) < 4.78 is 4.05. The van der Waals surface area contributed by atoms with E-state index in [4.69, 9.17) is 17.0 Å². The standard InChI is InChI=1S/C25H26ClN5O/c1-3-23(32)30-12-10-19(11-13-30)31-24-20-14-17(16-4-7-18(26)8-5-16)6-9-21(20)28-15-22(24)29(2)25(31)27/h4-9,14-15,19,27H,3,10-13H2,1-2H3. The van der Waals surface area contributed by atoms with E-state index in [1.54, 1.807) is 0 Å². The smallest absolute Gasteiger partial charge is 0.222 e. The fourth-order valence-corrected chi connectivity index (χ4v) is 4.95. The Hall–Kier alpha value is -3.12. The van der Waals surface area contributed by atoms with E-state index in [-0.39, 0.29) is 11.9 Å². The van der Waals surface area contributed by atoms with Crippen LogP contribution in [0.1, 0.15) is 32.2 Å². The van der Waals surface area contributed by atoms with Crippen molar-refractivity contribution in [3.63, 3.8) is 0 Å². The van der Waals surface area contributed by atoms with Crippen LogP contribution in [0.3, 0.4) is 0 Å². The number of hydrogen-bond acceptors (Lipinski definition) is 3. The van der Waals surface area contributed by atoms with E-state index in [0.717, 1.165) is 59.0 Å². The summed E-state index contributed by atoms with van der Waals surface area (Å²) in [6.07, 6.45) is 4.10. The lowest BCUT2D eigenvalue weighted by molar-refractivity contribution is -0.132. The molecule has 2 aromatic heterocycles. The molecule has 0 saturated carbocycles. The van der Waals surface area contributed by atoms with Gasteiger partial charge in [0.15, 0.2) is 0 Å². The third-order valence-corrected chi connectivity index (χ3v) is 6.88. The van der Waals surface area contributed by atoms with Crippen molar-refractivity contribution >= 4 is 39.4 Å². The van der Waals surface area contributed by atoms with Gasteiger partial charge in [-0.3, -0.25) is 15.2 Å². The first-order valence-corrected chi connectivity index (χ1v) is 11.4. The molecule has 0 bridgehead atoms. The van der Waals surface area contributed by atoms with Crippen LogP contribution >= 0.6 is 11.6 Å². The molecule has 1 saturated heterocycles. The van der Waals surface area contributed by atoms with Gasteiger partial charge in [0, 0.05) is 43.0 Å². The number of piperidine rings is 1. The van der Waals surface area contributed by atoms with Crippen molar-refractivity contribution in [2.24, 2.45) is 7.05 Å². The summed E-state index contributed by atoms with van der Waals surface area (Å²) in [5.41, 5.74) is 5.54. The van der Waals surface area contributed by atoms with E-state index >= 15 is 0 Å². The van der Waals surface area contributed by atoms with Crippen molar-refractivity contribution in [3.8, 4) is 11.1 Å². The second-order valence-electron chi connectivity index (χ2n) is 8.45. The van der Waals surface area contributed by atoms with Gasteiger partial charge in [-0.15, -0.1) is 0 Å². The Labute approximate surface area is 191 Å². The van der Waals surface area contributed by atoms with Crippen molar-refractivity contribution in [2.45, 2.75) is 32.2 Å². The van der Waals surface area contributed by atoms with Gasteiger partial charge in [0.2, 0.25) is 11.5 Å². The first-order chi connectivity index (χ1) is 15.5. The van der Waals surface area contributed by atoms with Gasteiger partial charge >= 0.3 is 0 Å². The molecule has 0 unspecified atom stereocenters. The number of rotatable bonds is 3. The number of imidazole rings is 1. The van der Waals surface area contributed by atoms with Crippen LogP contribution in [0.2, 0.25) is 5.02 Å². The maximum atomic E-state index is 12.1. The minimum Gasteiger partial charge on any atom is -0.343 e. The highest BCUT2D eigenvalue weighted by Gasteiger charge is 2.26. The minimum absolute atomic E-state index is 0.178. The zero-order valence-electron chi connectivity index (χ0n) is 18.3. The Kier molecular flexibility index (Phi) is 5.25. The molecule has 32 heavy (non-hydrogen) atoms. The van der Waals surface area contributed by atoms with E-state index < -0.39 is 0 Å². The maximum absolute atomic E-state index is 12.1. The molecule has 0 aliphatic carbocycles. The topological polar surface area (TPSA) is 66.9 Å². The first kappa shape index (κ1) is 20.8. The number of pyridine rings is 1. The Morgan fingerprint density at radius 1 is 1.12 bits per heavy atom. The van der Waals surface area contributed by atoms with Crippen LogP contribution < -0.4 is 5.62 Å². The van der Waals surface area contributed by atoms with Gasteiger partial charge in [0.25, 0.3) is 0 Å². The number of aromatic nitrogens is 3. The van der Waals surface area contributed by atoms with Crippen LogP contribution in [0.25, 0.3) is 33.1 Å². The van der Waals surface area contributed by atoms with Crippen LogP contribution in [0.4, 0.5) is 0 Å². The fraction of sp³-hybridized carbons (Fsp3) is 0.320. The summed E-state index contributed by atoms with van der Waals surface area (Å²) >= 11 is 6.08. The summed E-state index contributed by atoms with van der Waals surface area (Å²) in [7, 11) is 1.92. The fourth-order valence-electron chi connectivity index (χ4n) is 4.82. The summed E-state index contributed by atoms with van der Waals surface area (Å²) in [5.74, 6) is 0.208. The van der Waals surface area contributed by atoms with E-state index in [1.165, 1.54) is 0 Å². The van der Waals surface area contributed by atoms with Gasteiger partial charge in [-0.05, 0) is 48.2 Å². The highest BCUT2D eigenvalue weighted by atomic mass is 35.5. The molecule has 164 valence electrons. The number of fused-ring (bicyclic) bond motifs is 3. The number of aryl methyl sites for hydroxylation is 1. The van der Waals surface area contributed by atoms with Crippen molar-refractivity contribution in [2.75, 3.05) is 13.1 Å². The minimum atomic E-state index is 0.178. The quantitative estimate of drug-likeness (QED) is 0.485. The monoisotopic (exact) mass is 447 g/mol. The molecule has 6 nitrogen and oxygen atoms in total. The number of amides is 1. The summed E-state index contributed by atoms with van der Waals surface area (Å²) in [6, 6.07) is 14.3. The molecular formula is C25H26ClN5O. The second kappa shape index (κ2) is 8.10. The molecule has 0 radical (unpaired) electrons. The van der Waals surface area contributed by atoms with Crippen LogP contribution in [0, 0.1) is 5.41 Å². The SMILES string of the molecule is CCC(=O)N1CCC(n2c(=N)n(C)c3cnc4ccc(-c5ccc(Cl)cc5)cc4c32)CC1. The molecule has 1 fully saturated rings. The zero-order valence-corrected chi connectivity index (χ0v) is 19.1. The highest BCUT2D eigenvalue weighted by molar-refractivity contribution is 6.30. The van der Waals surface area contributed by atoms with Crippen LogP contribution in [0.5, 0.6) is 0 Å². The zero-order chi connectivity index (χ0) is 22.4. The van der Waals surface area contributed by atoms with Gasteiger partial charge in [-0.1, -0.05) is 36.7 Å². The molecule has 0 atom stereocenters. The molecule has 1 amide bonds. The number of likely N-dealkylation sites (tertiary alicyclic amines) is 1. The normalized spacial score (nSPS) is 15.0. The number of carbonyl (C=O) groups excluding carboxylic acids is 1. The lowest BCUT2D eigenvalue weighted by Crippen LogP contribution is -2.40. The average molecular weight is 448 g/mol. The molecule has 0 spiro atoms. The number of halogens is 1. The summed E-state index contributed by atoms with van der Waals surface area (Å²) in [5, 5.41) is 10.6. The van der Waals surface area contributed by atoms with Crippen LogP contribution in [0.15, 0.2) is 48.7 Å². The predicted molar refractivity (Wildman–Crippen MR) is 128 cm³/mol. The summed E-state index contributed by atoms with van der Waals surface area (Å²) in [4.78, 5) is 18.7. The van der Waals surface area contributed by atoms with Gasteiger partial charge in [0.1, 0.15) is 0 Å². The molecule has 4 aromatic rings. The Morgan fingerprint density at radius 3 is 2.50 bits per heavy atom. The number of nitrogens with zero attached hydrogens (tertiary/aromatic N) is 4. The number of hydrogen-bond donors (Lipinski definition) is 1. The molecule has 1 N–H and O–H groups in total.